The minimum absolute atomic E-state index is 0.208. The Kier molecular flexibility index (Phi) is 3.57. The molecule has 1 aliphatic rings. The van der Waals surface area contributed by atoms with Crippen LogP contribution in [-0.4, -0.2) is 30.0 Å². The lowest BCUT2D eigenvalue weighted by Gasteiger charge is -2.18. The number of benzene rings is 2. The van der Waals surface area contributed by atoms with E-state index in [-0.39, 0.29) is 12.1 Å². The molecule has 1 N–H and O–H groups in total. The highest BCUT2D eigenvalue weighted by atomic mass is 16.5. The predicted octanol–water partition coefficient (Wildman–Crippen LogP) is 2.12. The molecule has 6 heteroatoms. The molecule has 0 bridgehead atoms. The van der Waals surface area contributed by atoms with Crippen molar-refractivity contribution < 1.29 is 24.2 Å². The van der Waals surface area contributed by atoms with Gasteiger partial charge in [0.2, 0.25) is 0 Å². The fraction of sp³-hybridized carbons (Fsp3) is 0.118. The molecule has 0 saturated heterocycles. The molecule has 1 aliphatic heterocycles. The molecule has 0 unspecified atom stereocenters. The Labute approximate surface area is 131 Å². The van der Waals surface area contributed by atoms with E-state index in [2.05, 4.69) is 0 Å². The van der Waals surface area contributed by atoms with Crippen LogP contribution in [-0.2, 0) is 11.2 Å². The number of aliphatic carboxylic acids is 1. The molecule has 0 radical (unpaired) electrons. The minimum atomic E-state index is -0.997. The van der Waals surface area contributed by atoms with Crippen LogP contribution in [0, 0.1) is 0 Å². The largest absolute Gasteiger partial charge is 0.495 e. The monoisotopic (exact) mass is 311 g/mol. The van der Waals surface area contributed by atoms with Gasteiger partial charge in [-0.05, 0) is 29.8 Å². The van der Waals surface area contributed by atoms with Crippen LogP contribution < -0.4 is 9.64 Å². The summed E-state index contributed by atoms with van der Waals surface area (Å²) in [4.78, 5) is 37.0. The van der Waals surface area contributed by atoms with Crippen molar-refractivity contribution in [1.29, 1.82) is 0 Å². The van der Waals surface area contributed by atoms with Gasteiger partial charge in [0.1, 0.15) is 5.75 Å². The second-order valence-corrected chi connectivity index (χ2v) is 5.07. The highest BCUT2D eigenvalue weighted by Crippen LogP contribution is 2.35. The molecule has 3 rings (SSSR count). The van der Waals surface area contributed by atoms with Gasteiger partial charge in [-0.15, -0.1) is 0 Å². The van der Waals surface area contributed by atoms with Gasteiger partial charge in [0.05, 0.1) is 30.3 Å². The van der Waals surface area contributed by atoms with Crippen molar-refractivity contribution in [3.05, 3.63) is 59.2 Å². The minimum Gasteiger partial charge on any atom is -0.495 e. The Morgan fingerprint density at radius 3 is 2.22 bits per heavy atom. The number of ether oxygens (including phenoxy) is 1. The van der Waals surface area contributed by atoms with Crippen LogP contribution in [0.3, 0.4) is 0 Å². The quantitative estimate of drug-likeness (QED) is 0.874. The number of carboxylic acids is 1. The Balaban J connectivity index is 2.10. The molecule has 2 amide bonds. The van der Waals surface area contributed by atoms with Gasteiger partial charge in [0.25, 0.3) is 11.8 Å². The normalized spacial score (nSPS) is 13.2. The number of rotatable bonds is 4. The molecule has 2 aromatic carbocycles. The van der Waals surface area contributed by atoms with Crippen LogP contribution in [0.4, 0.5) is 5.69 Å². The van der Waals surface area contributed by atoms with Crippen molar-refractivity contribution in [2.24, 2.45) is 0 Å². The maximum Gasteiger partial charge on any atom is 0.307 e. The lowest BCUT2D eigenvalue weighted by molar-refractivity contribution is -0.136. The smallest absolute Gasteiger partial charge is 0.307 e. The number of carboxylic acid groups (broad SMARTS) is 1. The number of hydrogen-bond acceptors (Lipinski definition) is 4. The zero-order valence-electron chi connectivity index (χ0n) is 12.3. The molecule has 23 heavy (non-hydrogen) atoms. The third-order valence-electron chi connectivity index (χ3n) is 3.63. The fourth-order valence-corrected chi connectivity index (χ4v) is 2.60. The Morgan fingerprint density at radius 1 is 1.09 bits per heavy atom. The Hall–Kier alpha value is -3.15. The number of carbonyl (C=O) groups excluding carboxylic acids is 2. The summed E-state index contributed by atoms with van der Waals surface area (Å²) < 4.78 is 5.22. The van der Waals surface area contributed by atoms with Crippen LogP contribution in [0.25, 0.3) is 0 Å². The van der Waals surface area contributed by atoms with Crippen molar-refractivity contribution in [2.45, 2.75) is 6.42 Å². The molecule has 116 valence electrons. The van der Waals surface area contributed by atoms with Gasteiger partial charge in [0, 0.05) is 0 Å². The molecule has 0 saturated carbocycles. The zero-order valence-corrected chi connectivity index (χ0v) is 12.3. The van der Waals surface area contributed by atoms with Gasteiger partial charge in [-0.1, -0.05) is 18.2 Å². The van der Waals surface area contributed by atoms with Crippen molar-refractivity contribution >= 4 is 23.5 Å². The van der Waals surface area contributed by atoms with Crippen LogP contribution >= 0.6 is 0 Å². The second kappa shape index (κ2) is 5.57. The summed E-state index contributed by atoms with van der Waals surface area (Å²) in [7, 11) is 1.42. The molecule has 0 spiro atoms. The van der Waals surface area contributed by atoms with Crippen molar-refractivity contribution in [3.8, 4) is 5.75 Å². The highest BCUT2D eigenvalue weighted by Gasteiger charge is 2.37. The van der Waals surface area contributed by atoms with E-state index in [1.807, 2.05) is 0 Å². The van der Waals surface area contributed by atoms with Crippen molar-refractivity contribution in [3.63, 3.8) is 0 Å². The van der Waals surface area contributed by atoms with Crippen LogP contribution in [0.5, 0.6) is 5.75 Å². The van der Waals surface area contributed by atoms with Crippen LogP contribution in [0.2, 0.25) is 0 Å². The molecular weight excluding hydrogens is 298 g/mol. The summed E-state index contributed by atoms with van der Waals surface area (Å²) in [5.74, 6) is -1.56. The summed E-state index contributed by atoms with van der Waals surface area (Å²) in [6.45, 7) is 0. The van der Waals surface area contributed by atoms with E-state index >= 15 is 0 Å². The number of imide groups is 1. The lowest BCUT2D eigenvalue weighted by atomic mass is 10.1. The molecule has 1 heterocycles. The van der Waals surface area contributed by atoms with Gasteiger partial charge in [-0.3, -0.25) is 14.4 Å². The molecule has 0 aliphatic carbocycles. The summed E-state index contributed by atoms with van der Waals surface area (Å²) in [6, 6.07) is 11.2. The zero-order chi connectivity index (χ0) is 16.6. The first kappa shape index (κ1) is 14.8. The van der Waals surface area contributed by atoms with Gasteiger partial charge in [0.15, 0.2) is 0 Å². The summed E-state index contributed by atoms with van der Waals surface area (Å²) >= 11 is 0. The van der Waals surface area contributed by atoms with E-state index < -0.39 is 17.8 Å². The summed E-state index contributed by atoms with van der Waals surface area (Å²) in [5, 5.41) is 8.92. The number of nitrogens with zero attached hydrogens (tertiary/aromatic N) is 1. The van der Waals surface area contributed by atoms with Gasteiger partial charge in [-0.2, -0.15) is 0 Å². The van der Waals surface area contributed by atoms with Crippen LogP contribution in [0.1, 0.15) is 26.3 Å². The summed E-state index contributed by atoms with van der Waals surface area (Å²) in [5.41, 5.74) is 1.37. The Bertz CT molecular complexity index is 792. The topological polar surface area (TPSA) is 83.9 Å². The average molecular weight is 311 g/mol. The maximum atomic E-state index is 12.5. The first-order valence-electron chi connectivity index (χ1n) is 6.89. The number of amides is 2. The molecule has 0 fully saturated rings. The Morgan fingerprint density at radius 2 is 1.70 bits per heavy atom. The van der Waals surface area contributed by atoms with Crippen molar-refractivity contribution in [1.82, 2.24) is 0 Å². The first-order chi connectivity index (χ1) is 11.0. The van der Waals surface area contributed by atoms with Gasteiger partial charge in [-0.25, -0.2) is 4.90 Å². The SMILES string of the molecule is COc1ccc(CC(=O)O)cc1N1C(=O)c2ccccc2C1=O. The maximum absolute atomic E-state index is 12.5. The van der Waals surface area contributed by atoms with E-state index in [0.29, 0.717) is 22.4 Å². The fourth-order valence-electron chi connectivity index (χ4n) is 2.60. The summed E-state index contributed by atoms with van der Waals surface area (Å²) in [6.07, 6.45) is -0.208. The van der Waals surface area contributed by atoms with E-state index in [9.17, 15) is 14.4 Å². The molecule has 6 nitrogen and oxygen atoms in total. The molecule has 2 aromatic rings. The predicted molar refractivity (Wildman–Crippen MR) is 81.9 cm³/mol. The van der Waals surface area contributed by atoms with E-state index in [4.69, 9.17) is 9.84 Å². The van der Waals surface area contributed by atoms with E-state index in [1.54, 1.807) is 36.4 Å². The van der Waals surface area contributed by atoms with Crippen molar-refractivity contribution in [2.75, 3.05) is 12.0 Å². The molecular formula is C17H13NO5. The van der Waals surface area contributed by atoms with Gasteiger partial charge >= 0.3 is 5.97 Å². The van der Waals surface area contributed by atoms with E-state index in [0.717, 1.165) is 4.90 Å². The number of hydrogen-bond donors (Lipinski definition) is 1. The number of methoxy groups -OCH3 is 1. The number of fused-ring (bicyclic) bond motifs is 1. The second-order valence-electron chi connectivity index (χ2n) is 5.07. The standard InChI is InChI=1S/C17H13NO5/c1-23-14-7-6-10(9-15(19)20)8-13(14)18-16(21)11-4-2-3-5-12(11)17(18)22/h2-8H,9H2,1H3,(H,19,20). The number of carbonyl (C=O) groups is 3. The first-order valence-corrected chi connectivity index (χ1v) is 6.89. The highest BCUT2D eigenvalue weighted by molar-refractivity contribution is 6.34. The lowest BCUT2D eigenvalue weighted by Crippen LogP contribution is -2.30. The van der Waals surface area contributed by atoms with Gasteiger partial charge < -0.3 is 9.84 Å². The van der Waals surface area contributed by atoms with Crippen LogP contribution in [0.15, 0.2) is 42.5 Å². The third-order valence-corrected chi connectivity index (χ3v) is 3.63. The molecule has 0 atom stereocenters. The third kappa shape index (κ3) is 2.44. The average Bonchev–Trinajstić information content (AvgIpc) is 2.79. The number of anilines is 1. The van der Waals surface area contributed by atoms with E-state index in [1.165, 1.54) is 13.2 Å². The molecule has 0 aromatic heterocycles.